The Bertz CT molecular complexity index is 679. The van der Waals surface area contributed by atoms with E-state index in [1.165, 1.54) is 6.92 Å². The number of allylic oxidation sites excluding steroid dienone is 1. The Labute approximate surface area is 155 Å². The monoisotopic (exact) mass is 356 g/mol. The summed E-state index contributed by atoms with van der Waals surface area (Å²) in [7, 11) is 0. The van der Waals surface area contributed by atoms with E-state index in [9.17, 15) is 14.7 Å². The molecule has 1 heterocycles. The van der Waals surface area contributed by atoms with E-state index in [1.54, 1.807) is 4.90 Å². The number of aliphatic hydroxyl groups is 1. The van der Waals surface area contributed by atoms with Crippen LogP contribution in [0.15, 0.2) is 30.3 Å². The Morgan fingerprint density at radius 2 is 1.92 bits per heavy atom. The van der Waals surface area contributed by atoms with Gasteiger partial charge in [-0.3, -0.25) is 9.59 Å². The Morgan fingerprint density at radius 3 is 2.46 bits per heavy atom. The topological polar surface area (TPSA) is 69.6 Å². The molecule has 3 atom stereocenters. The molecule has 2 N–H and O–H groups in total. The van der Waals surface area contributed by atoms with Gasteiger partial charge in [-0.25, -0.2) is 0 Å². The number of amides is 2. The first-order valence-electron chi connectivity index (χ1n) is 9.44. The SMILES string of the molecule is C/C=C/c1ccc([C@H]2[C@@H](CO)N(C(C)=O)[C@H]2CNC(=O)CC2CC2)cc1. The van der Waals surface area contributed by atoms with E-state index < -0.39 is 0 Å². The van der Waals surface area contributed by atoms with Crippen molar-refractivity contribution >= 4 is 17.9 Å². The molecule has 140 valence electrons. The van der Waals surface area contributed by atoms with E-state index in [4.69, 9.17) is 0 Å². The Kier molecular flexibility index (Phi) is 5.77. The second-order valence-corrected chi connectivity index (χ2v) is 7.39. The lowest BCUT2D eigenvalue weighted by atomic mass is 9.75. The molecule has 1 aliphatic heterocycles. The zero-order chi connectivity index (χ0) is 18.7. The largest absolute Gasteiger partial charge is 0.394 e. The zero-order valence-corrected chi connectivity index (χ0v) is 15.5. The molecule has 3 rings (SSSR count). The Hall–Kier alpha value is -2.14. The lowest BCUT2D eigenvalue weighted by Gasteiger charge is -2.54. The molecule has 1 aromatic rings. The third-order valence-corrected chi connectivity index (χ3v) is 5.45. The second kappa shape index (κ2) is 8.04. The van der Waals surface area contributed by atoms with Gasteiger partial charge in [0.25, 0.3) is 0 Å². The molecule has 2 amide bonds. The second-order valence-electron chi connectivity index (χ2n) is 7.39. The van der Waals surface area contributed by atoms with Crippen molar-refractivity contribution in [2.45, 2.75) is 51.1 Å². The van der Waals surface area contributed by atoms with Gasteiger partial charge in [-0.2, -0.15) is 0 Å². The van der Waals surface area contributed by atoms with Crippen LogP contribution in [-0.2, 0) is 9.59 Å². The van der Waals surface area contributed by atoms with E-state index in [1.807, 2.05) is 31.2 Å². The van der Waals surface area contributed by atoms with Gasteiger partial charge in [0.1, 0.15) is 0 Å². The molecule has 5 nitrogen and oxygen atoms in total. The van der Waals surface area contributed by atoms with Crippen LogP contribution in [0.4, 0.5) is 0 Å². The third kappa shape index (κ3) is 3.98. The van der Waals surface area contributed by atoms with E-state index in [0.717, 1.165) is 24.0 Å². The lowest BCUT2D eigenvalue weighted by Crippen LogP contribution is -2.68. The number of hydrogen-bond acceptors (Lipinski definition) is 3. The van der Waals surface area contributed by atoms with Crippen molar-refractivity contribution < 1.29 is 14.7 Å². The van der Waals surface area contributed by atoms with Gasteiger partial charge >= 0.3 is 0 Å². The number of nitrogens with one attached hydrogen (secondary N) is 1. The lowest BCUT2D eigenvalue weighted by molar-refractivity contribution is -0.148. The normalized spacial score (nSPS) is 25.2. The van der Waals surface area contributed by atoms with Crippen molar-refractivity contribution in [3.63, 3.8) is 0 Å². The van der Waals surface area contributed by atoms with Crippen LogP contribution in [0, 0.1) is 5.92 Å². The van der Waals surface area contributed by atoms with Crippen LogP contribution in [0.3, 0.4) is 0 Å². The van der Waals surface area contributed by atoms with Crippen LogP contribution in [0.25, 0.3) is 6.08 Å². The molecule has 1 aromatic carbocycles. The summed E-state index contributed by atoms with van der Waals surface area (Å²) in [6.45, 7) is 3.86. The van der Waals surface area contributed by atoms with Crippen molar-refractivity contribution in [2.24, 2.45) is 5.92 Å². The highest BCUT2D eigenvalue weighted by Gasteiger charge is 2.50. The summed E-state index contributed by atoms with van der Waals surface area (Å²) in [5.74, 6) is 0.572. The van der Waals surface area contributed by atoms with Crippen LogP contribution in [0.1, 0.15) is 50.2 Å². The van der Waals surface area contributed by atoms with Crippen LogP contribution in [-0.4, -0.2) is 47.1 Å². The van der Waals surface area contributed by atoms with Crippen molar-refractivity contribution in [3.8, 4) is 0 Å². The van der Waals surface area contributed by atoms with Gasteiger partial charge in [-0.1, -0.05) is 36.4 Å². The molecule has 0 unspecified atom stereocenters. The van der Waals surface area contributed by atoms with Crippen LogP contribution in [0.2, 0.25) is 0 Å². The van der Waals surface area contributed by atoms with E-state index in [0.29, 0.717) is 18.9 Å². The smallest absolute Gasteiger partial charge is 0.220 e. The maximum Gasteiger partial charge on any atom is 0.220 e. The number of benzene rings is 1. The van der Waals surface area contributed by atoms with E-state index >= 15 is 0 Å². The summed E-state index contributed by atoms with van der Waals surface area (Å²) in [5, 5.41) is 12.8. The van der Waals surface area contributed by atoms with Crippen molar-refractivity contribution in [1.29, 1.82) is 0 Å². The summed E-state index contributed by atoms with van der Waals surface area (Å²) >= 11 is 0. The first kappa shape index (κ1) is 18.6. The highest BCUT2D eigenvalue weighted by atomic mass is 16.3. The Balaban J connectivity index is 1.72. The number of likely N-dealkylation sites (tertiary alicyclic amines) is 1. The first-order chi connectivity index (χ1) is 12.5. The quantitative estimate of drug-likeness (QED) is 0.788. The molecule has 0 bridgehead atoms. The number of aliphatic hydroxyl groups excluding tert-OH is 1. The fourth-order valence-corrected chi connectivity index (χ4v) is 3.98. The standard InChI is InChI=1S/C21H28N2O3/c1-3-4-15-7-9-17(10-8-15)21-18(23(14(2)25)19(21)13-24)12-22-20(26)11-16-5-6-16/h3-4,7-10,16,18-19,21,24H,5-6,11-13H2,1-2H3,(H,22,26)/b4-3+/t18-,19+,21+/m0/s1. The molecule has 1 saturated heterocycles. The predicted molar refractivity (Wildman–Crippen MR) is 101 cm³/mol. The van der Waals surface area contributed by atoms with E-state index in [-0.39, 0.29) is 36.4 Å². The minimum absolute atomic E-state index is 0.0322. The van der Waals surface area contributed by atoms with Crippen LogP contribution < -0.4 is 5.32 Å². The van der Waals surface area contributed by atoms with Gasteiger partial charge in [0.05, 0.1) is 18.7 Å². The zero-order valence-electron chi connectivity index (χ0n) is 15.5. The molecule has 1 saturated carbocycles. The summed E-state index contributed by atoms with van der Waals surface area (Å²) in [6.07, 6.45) is 6.89. The molecule has 2 fully saturated rings. The average Bonchev–Trinajstić information content (AvgIpc) is 3.39. The first-order valence-corrected chi connectivity index (χ1v) is 9.44. The minimum atomic E-state index is -0.231. The molecular formula is C21H28N2O3. The molecule has 1 aliphatic carbocycles. The number of carbonyl (C=O) groups excluding carboxylic acids is 2. The van der Waals surface area contributed by atoms with E-state index in [2.05, 4.69) is 17.4 Å². The number of carbonyl (C=O) groups is 2. The van der Waals surface area contributed by atoms with Crippen LogP contribution in [0.5, 0.6) is 0 Å². The predicted octanol–water partition coefficient (Wildman–Crippen LogP) is 2.31. The average molecular weight is 356 g/mol. The maximum absolute atomic E-state index is 12.1. The minimum Gasteiger partial charge on any atom is -0.394 e. The molecule has 2 aliphatic rings. The highest BCUT2D eigenvalue weighted by Crippen LogP contribution is 2.40. The molecule has 5 heteroatoms. The van der Waals surface area contributed by atoms with Gasteiger partial charge in [0, 0.05) is 25.8 Å². The molecule has 0 aromatic heterocycles. The van der Waals surface area contributed by atoms with Crippen molar-refractivity contribution in [3.05, 3.63) is 41.5 Å². The van der Waals surface area contributed by atoms with Gasteiger partial charge in [0.2, 0.25) is 11.8 Å². The third-order valence-electron chi connectivity index (χ3n) is 5.45. The van der Waals surface area contributed by atoms with Gasteiger partial charge in [0.15, 0.2) is 0 Å². The molecular weight excluding hydrogens is 328 g/mol. The maximum atomic E-state index is 12.1. The van der Waals surface area contributed by atoms with Crippen molar-refractivity contribution in [2.75, 3.05) is 13.2 Å². The fraction of sp³-hybridized carbons (Fsp3) is 0.524. The fourth-order valence-electron chi connectivity index (χ4n) is 3.98. The summed E-state index contributed by atoms with van der Waals surface area (Å²) in [5.41, 5.74) is 2.21. The van der Waals surface area contributed by atoms with Gasteiger partial charge in [-0.05, 0) is 36.8 Å². The van der Waals surface area contributed by atoms with Gasteiger partial charge < -0.3 is 15.3 Å². The highest BCUT2D eigenvalue weighted by molar-refractivity contribution is 5.78. The summed E-state index contributed by atoms with van der Waals surface area (Å²) < 4.78 is 0. The number of nitrogens with zero attached hydrogens (tertiary/aromatic N) is 1. The van der Waals surface area contributed by atoms with Crippen molar-refractivity contribution in [1.82, 2.24) is 10.2 Å². The summed E-state index contributed by atoms with van der Waals surface area (Å²) in [6, 6.07) is 7.86. The molecule has 0 radical (unpaired) electrons. The molecule has 0 spiro atoms. The number of rotatable bonds is 7. The van der Waals surface area contributed by atoms with Crippen LogP contribution >= 0.6 is 0 Å². The molecule has 26 heavy (non-hydrogen) atoms. The number of hydrogen-bond donors (Lipinski definition) is 2. The Morgan fingerprint density at radius 1 is 1.23 bits per heavy atom. The van der Waals surface area contributed by atoms with Gasteiger partial charge in [-0.15, -0.1) is 0 Å². The summed E-state index contributed by atoms with van der Waals surface area (Å²) in [4.78, 5) is 25.8.